The van der Waals surface area contributed by atoms with Gasteiger partial charge in [-0.3, -0.25) is 0 Å². The standard InChI is InChI=1S/2H2O.Ti.V/h2*1H2;;. The van der Waals surface area contributed by atoms with Crippen LogP contribution in [-0.2, 0) is 40.3 Å². The fourth-order valence-corrected chi connectivity index (χ4v) is 0. The van der Waals surface area contributed by atoms with E-state index in [0.29, 0.717) is 0 Å². The summed E-state index contributed by atoms with van der Waals surface area (Å²) in [4.78, 5) is 0. The van der Waals surface area contributed by atoms with E-state index in [-0.39, 0.29) is 51.2 Å². The summed E-state index contributed by atoms with van der Waals surface area (Å²) in [5.74, 6) is 0. The molecule has 0 aromatic carbocycles. The Balaban J connectivity index is 0. The van der Waals surface area contributed by atoms with E-state index in [4.69, 9.17) is 0 Å². The first-order chi connectivity index (χ1) is 0. The van der Waals surface area contributed by atoms with Crippen molar-refractivity contribution in [3.8, 4) is 0 Å². The molecule has 0 aliphatic rings. The third kappa shape index (κ3) is 10.7. The maximum Gasteiger partial charge on any atom is 0 e. The third-order valence-corrected chi connectivity index (χ3v) is 0. The van der Waals surface area contributed by atoms with Gasteiger partial charge < -0.3 is 11.0 Å². The van der Waals surface area contributed by atoms with Gasteiger partial charge in [0.25, 0.3) is 0 Å². The van der Waals surface area contributed by atoms with Crippen molar-refractivity contribution in [2.45, 2.75) is 0 Å². The molecule has 0 amide bonds. The zero-order valence-electron chi connectivity index (χ0n) is 1.95. The van der Waals surface area contributed by atoms with Crippen LogP contribution in [-0.4, -0.2) is 11.0 Å². The van der Waals surface area contributed by atoms with Gasteiger partial charge in [-0.15, -0.1) is 0 Å². The molecular formula is H4O2TiV. The average molecular weight is 135 g/mol. The predicted molar refractivity (Wildman–Crippen MR) is 7.23 cm³/mol. The number of rotatable bonds is 0. The minimum atomic E-state index is 0. The van der Waals surface area contributed by atoms with Crippen LogP contribution in [0.4, 0.5) is 0 Å². The normalized spacial score (nSPS) is 0. The van der Waals surface area contributed by atoms with Gasteiger partial charge in [-0.2, -0.15) is 0 Å². The maximum atomic E-state index is 0. The Morgan fingerprint density at radius 1 is 0.750 bits per heavy atom. The van der Waals surface area contributed by atoms with Gasteiger partial charge in [-0.05, 0) is 0 Å². The minimum Gasteiger partial charge on any atom is -0.412 e. The van der Waals surface area contributed by atoms with E-state index < -0.39 is 0 Å². The average Bonchev–Trinajstić information content (AvgIpc) is 0. The Bertz CT molecular complexity index is 6.00. The summed E-state index contributed by atoms with van der Waals surface area (Å²) in [6.45, 7) is 0. The molecular weight excluding hydrogens is 131 g/mol. The summed E-state index contributed by atoms with van der Waals surface area (Å²) in [7, 11) is 0. The van der Waals surface area contributed by atoms with Gasteiger partial charge >= 0.3 is 0 Å². The molecule has 0 atom stereocenters. The summed E-state index contributed by atoms with van der Waals surface area (Å²) in [6.07, 6.45) is 0. The summed E-state index contributed by atoms with van der Waals surface area (Å²) in [5, 5.41) is 0. The SMILES string of the molecule is O.O.[Ti].[V]. The first-order valence-electron chi connectivity index (χ1n) is 0. The van der Waals surface area contributed by atoms with Crippen molar-refractivity contribution in [3.05, 3.63) is 0 Å². The van der Waals surface area contributed by atoms with Crippen LogP contribution in [0, 0.1) is 0 Å². The quantitative estimate of drug-likeness (QED) is 0.357. The summed E-state index contributed by atoms with van der Waals surface area (Å²) in [6, 6.07) is 0. The summed E-state index contributed by atoms with van der Waals surface area (Å²) in [5.41, 5.74) is 0. The van der Waals surface area contributed by atoms with Crippen LogP contribution in [0.15, 0.2) is 0 Å². The van der Waals surface area contributed by atoms with Crippen LogP contribution in [0.25, 0.3) is 0 Å². The molecule has 0 fully saturated rings. The van der Waals surface area contributed by atoms with Crippen molar-refractivity contribution < 1.29 is 51.2 Å². The van der Waals surface area contributed by atoms with Crippen molar-refractivity contribution in [2.75, 3.05) is 0 Å². The van der Waals surface area contributed by atoms with Crippen LogP contribution in [0.2, 0.25) is 0 Å². The zero-order chi connectivity index (χ0) is 0. The van der Waals surface area contributed by atoms with Gasteiger partial charge in [0, 0.05) is 40.3 Å². The zero-order valence-corrected chi connectivity index (χ0v) is 4.91. The van der Waals surface area contributed by atoms with Gasteiger partial charge in [-0.1, -0.05) is 0 Å². The predicted octanol–water partition coefficient (Wildman–Crippen LogP) is -1.65. The Morgan fingerprint density at radius 3 is 0.750 bits per heavy atom. The monoisotopic (exact) mass is 135 g/mol. The van der Waals surface area contributed by atoms with Crippen molar-refractivity contribution in [1.29, 1.82) is 0 Å². The Morgan fingerprint density at radius 2 is 0.750 bits per heavy atom. The fourth-order valence-electron chi connectivity index (χ4n) is 0. The van der Waals surface area contributed by atoms with Crippen molar-refractivity contribution in [3.63, 3.8) is 0 Å². The molecule has 4 heavy (non-hydrogen) atoms. The summed E-state index contributed by atoms with van der Waals surface area (Å²) >= 11 is 0. The van der Waals surface area contributed by atoms with Crippen LogP contribution in [0.1, 0.15) is 0 Å². The first kappa shape index (κ1) is 62.5. The van der Waals surface area contributed by atoms with Gasteiger partial charge in [0.15, 0.2) is 0 Å². The van der Waals surface area contributed by atoms with Crippen molar-refractivity contribution in [2.24, 2.45) is 0 Å². The van der Waals surface area contributed by atoms with Crippen molar-refractivity contribution >= 4 is 0 Å². The Hall–Kier alpha value is 1.22. The van der Waals surface area contributed by atoms with E-state index in [1.54, 1.807) is 0 Å². The topological polar surface area (TPSA) is 63.0 Å². The second-order valence-corrected chi connectivity index (χ2v) is 0. The molecule has 0 heterocycles. The van der Waals surface area contributed by atoms with Crippen LogP contribution in [0.5, 0.6) is 0 Å². The van der Waals surface area contributed by atoms with Gasteiger partial charge in [-0.25, -0.2) is 0 Å². The molecule has 25 valence electrons. The van der Waals surface area contributed by atoms with Gasteiger partial charge in [0.1, 0.15) is 0 Å². The van der Waals surface area contributed by atoms with E-state index in [9.17, 15) is 0 Å². The van der Waals surface area contributed by atoms with E-state index >= 15 is 0 Å². The third-order valence-electron chi connectivity index (χ3n) is 0. The molecule has 4 heteroatoms. The molecule has 0 rings (SSSR count). The molecule has 0 spiro atoms. The second kappa shape index (κ2) is 29.4. The number of hydrogen-bond acceptors (Lipinski definition) is 0. The largest absolute Gasteiger partial charge is 0.412 e. The Labute approximate surface area is 51.3 Å². The van der Waals surface area contributed by atoms with Crippen LogP contribution in [0.3, 0.4) is 0 Å². The van der Waals surface area contributed by atoms with E-state index in [0.717, 1.165) is 0 Å². The van der Waals surface area contributed by atoms with E-state index in [1.807, 2.05) is 0 Å². The molecule has 0 bridgehead atoms. The second-order valence-electron chi connectivity index (χ2n) is 0. The molecule has 0 aromatic rings. The maximum absolute atomic E-state index is 0. The molecule has 0 aliphatic heterocycles. The van der Waals surface area contributed by atoms with E-state index in [1.165, 1.54) is 0 Å². The first-order valence-corrected chi connectivity index (χ1v) is 0. The van der Waals surface area contributed by atoms with Gasteiger partial charge in [0.2, 0.25) is 0 Å². The fraction of sp³-hybridized carbons (Fsp3) is 0. The number of hydrogen-bond donors (Lipinski definition) is 0. The molecule has 4 N–H and O–H groups in total. The van der Waals surface area contributed by atoms with Crippen molar-refractivity contribution in [1.82, 2.24) is 0 Å². The molecule has 2 nitrogen and oxygen atoms in total. The smallest absolute Gasteiger partial charge is 0 e. The molecule has 0 aromatic heterocycles. The molecule has 0 saturated carbocycles. The minimum absolute atomic E-state index is 0. The molecule has 0 unspecified atom stereocenters. The summed E-state index contributed by atoms with van der Waals surface area (Å²) < 4.78 is 0. The molecule has 1 radical (unpaired) electrons. The van der Waals surface area contributed by atoms with E-state index in [2.05, 4.69) is 0 Å². The van der Waals surface area contributed by atoms with Gasteiger partial charge in [0.05, 0.1) is 0 Å². The Kier molecular flexibility index (Phi) is 460. The van der Waals surface area contributed by atoms with Crippen LogP contribution < -0.4 is 0 Å². The molecule has 0 aliphatic carbocycles. The molecule has 0 saturated heterocycles. The van der Waals surface area contributed by atoms with Crippen LogP contribution >= 0.6 is 0 Å².